The number of carbonyl (C=O) groups is 2. The first kappa shape index (κ1) is 22.4. The van der Waals surface area contributed by atoms with Crippen LogP contribution >= 0.6 is 0 Å². The van der Waals surface area contributed by atoms with Gasteiger partial charge in [-0.1, -0.05) is 0 Å². The molecule has 0 atom stereocenters. The summed E-state index contributed by atoms with van der Waals surface area (Å²) >= 11 is 0. The quantitative estimate of drug-likeness (QED) is 0.626. The Labute approximate surface area is 170 Å². The molecule has 0 saturated carbocycles. The molecular weight excluding hydrogens is 396 g/mol. The predicted molar refractivity (Wildman–Crippen MR) is 109 cm³/mol. The molecule has 0 heterocycles. The van der Waals surface area contributed by atoms with Crippen LogP contribution < -0.4 is 14.8 Å². The number of rotatable bonds is 9. The molecule has 1 N–H and O–H groups in total. The van der Waals surface area contributed by atoms with Gasteiger partial charge in [-0.2, -0.15) is 4.31 Å². The molecule has 0 aliphatic rings. The largest absolute Gasteiger partial charge is 0.497 e. The summed E-state index contributed by atoms with van der Waals surface area (Å²) in [4.78, 5) is 23.4. The molecule has 0 unspecified atom stereocenters. The molecule has 2 aromatic carbocycles. The van der Waals surface area contributed by atoms with E-state index in [0.717, 1.165) is 0 Å². The summed E-state index contributed by atoms with van der Waals surface area (Å²) in [5.74, 6) is 0.309. The van der Waals surface area contributed by atoms with Crippen molar-refractivity contribution in [1.29, 1.82) is 0 Å². The first-order chi connectivity index (χ1) is 13.7. The van der Waals surface area contributed by atoms with E-state index in [9.17, 15) is 18.0 Å². The summed E-state index contributed by atoms with van der Waals surface area (Å²) in [7, 11) is -0.595. The summed E-state index contributed by atoms with van der Waals surface area (Å²) < 4.78 is 36.6. The molecule has 29 heavy (non-hydrogen) atoms. The fourth-order valence-electron chi connectivity index (χ4n) is 2.37. The monoisotopic (exact) mass is 420 g/mol. The lowest BCUT2D eigenvalue weighted by Gasteiger charge is -2.21. The van der Waals surface area contributed by atoms with Crippen LogP contribution in [0.1, 0.15) is 24.2 Å². The van der Waals surface area contributed by atoms with Crippen LogP contribution in [0.25, 0.3) is 0 Å². The molecule has 0 aliphatic carbocycles. The van der Waals surface area contributed by atoms with Gasteiger partial charge in [0.1, 0.15) is 11.5 Å². The van der Waals surface area contributed by atoms with Crippen molar-refractivity contribution in [3.05, 3.63) is 48.0 Å². The third-order valence-corrected chi connectivity index (χ3v) is 6.29. The van der Waals surface area contributed by atoms with E-state index < -0.39 is 15.9 Å². The number of ether oxygens (including phenoxy) is 2. The van der Waals surface area contributed by atoms with Crippen molar-refractivity contribution < 1.29 is 27.5 Å². The first-order valence-corrected chi connectivity index (χ1v) is 10.3. The van der Waals surface area contributed by atoms with Gasteiger partial charge >= 0.3 is 0 Å². The maximum absolute atomic E-state index is 12.5. The van der Waals surface area contributed by atoms with Crippen LogP contribution in [-0.4, -0.2) is 51.7 Å². The van der Waals surface area contributed by atoms with E-state index in [-0.39, 0.29) is 28.9 Å². The van der Waals surface area contributed by atoms with Crippen molar-refractivity contribution in [2.75, 3.05) is 26.1 Å². The highest BCUT2D eigenvalue weighted by Crippen LogP contribution is 2.23. The Bertz CT molecular complexity index is 971. The molecule has 0 saturated heterocycles. The summed E-state index contributed by atoms with van der Waals surface area (Å²) in [6.45, 7) is 3.25. The summed E-state index contributed by atoms with van der Waals surface area (Å²) in [6, 6.07) is 10.4. The second-order valence-corrected chi connectivity index (χ2v) is 8.50. The molecule has 0 spiro atoms. The van der Waals surface area contributed by atoms with Crippen molar-refractivity contribution in [1.82, 2.24) is 4.31 Å². The van der Waals surface area contributed by atoms with E-state index >= 15 is 0 Å². The highest BCUT2D eigenvalue weighted by Gasteiger charge is 2.22. The zero-order valence-electron chi connectivity index (χ0n) is 16.7. The first-order valence-electron chi connectivity index (χ1n) is 8.83. The lowest BCUT2D eigenvalue weighted by Crippen LogP contribution is -2.33. The number of anilines is 1. The highest BCUT2D eigenvalue weighted by atomic mass is 32.2. The standard InChI is InChI=1S/C20H24N2O6S/c1-14(2)22(3)29(25,26)18-8-5-16(6-9-18)21-20(24)13-28-19-10-7-17(27-4)11-15(19)12-23/h5-12,14H,13H2,1-4H3,(H,21,24). The molecule has 2 aromatic rings. The smallest absolute Gasteiger partial charge is 0.262 e. The third-order valence-electron chi connectivity index (χ3n) is 4.24. The van der Waals surface area contributed by atoms with Gasteiger partial charge in [-0.15, -0.1) is 0 Å². The number of hydrogen-bond donors (Lipinski definition) is 1. The number of methoxy groups -OCH3 is 1. The van der Waals surface area contributed by atoms with Crippen molar-refractivity contribution in [2.45, 2.75) is 24.8 Å². The van der Waals surface area contributed by atoms with Crippen molar-refractivity contribution in [3.63, 3.8) is 0 Å². The van der Waals surface area contributed by atoms with Crippen LogP contribution in [0, 0.1) is 0 Å². The molecule has 0 radical (unpaired) electrons. The van der Waals surface area contributed by atoms with E-state index in [0.29, 0.717) is 17.7 Å². The van der Waals surface area contributed by atoms with Gasteiger partial charge in [0.25, 0.3) is 5.91 Å². The molecule has 1 amide bonds. The fourth-order valence-corrected chi connectivity index (χ4v) is 3.74. The van der Waals surface area contributed by atoms with Crippen molar-refractivity contribution in [3.8, 4) is 11.5 Å². The van der Waals surface area contributed by atoms with E-state index in [2.05, 4.69) is 5.32 Å². The van der Waals surface area contributed by atoms with Gasteiger partial charge < -0.3 is 14.8 Å². The van der Waals surface area contributed by atoms with E-state index in [1.807, 2.05) is 0 Å². The van der Waals surface area contributed by atoms with Gasteiger partial charge in [-0.05, 0) is 56.3 Å². The fraction of sp³-hybridized carbons (Fsp3) is 0.300. The zero-order valence-corrected chi connectivity index (χ0v) is 17.5. The number of nitrogens with zero attached hydrogens (tertiary/aromatic N) is 1. The highest BCUT2D eigenvalue weighted by molar-refractivity contribution is 7.89. The number of benzene rings is 2. The van der Waals surface area contributed by atoms with Crippen LogP contribution in [0.3, 0.4) is 0 Å². The number of aldehydes is 1. The lowest BCUT2D eigenvalue weighted by atomic mass is 10.2. The predicted octanol–water partition coefficient (Wildman–Crippen LogP) is 2.55. The average Bonchev–Trinajstić information content (AvgIpc) is 2.71. The third kappa shape index (κ3) is 5.55. The van der Waals surface area contributed by atoms with E-state index in [1.54, 1.807) is 26.0 Å². The maximum atomic E-state index is 12.5. The Balaban J connectivity index is 2.01. The minimum absolute atomic E-state index is 0.136. The van der Waals surface area contributed by atoms with E-state index in [4.69, 9.17) is 9.47 Å². The maximum Gasteiger partial charge on any atom is 0.262 e. The van der Waals surface area contributed by atoms with Gasteiger partial charge in [-0.3, -0.25) is 9.59 Å². The summed E-state index contributed by atoms with van der Waals surface area (Å²) in [6.07, 6.45) is 0.614. The second-order valence-electron chi connectivity index (χ2n) is 6.50. The van der Waals surface area contributed by atoms with Crippen molar-refractivity contribution in [2.24, 2.45) is 0 Å². The van der Waals surface area contributed by atoms with Gasteiger partial charge in [0.15, 0.2) is 12.9 Å². The molecule has 9 heteroatoms. The SMILES string of the molecule is COc1ccc(OCC(=O)Nc2ccc(S(=O)(=O)N(C)C(C)C)cc2)c(C=O)c1. The topological polar surface area (TPSA) is 102 Å². The molecule has 0 fully saturated rings. The summed E-state index contributed by atoms with van der Waals surface area (Å²) in [5.41, 5.74) is 0.691. The number of hydrogen-bond acceptors (Lipinski definition) is 6. The number of carbonyl (C=O) groups excluding carboxylic acids is 2. The van der Waals surface area contributed by atoms with Crippen molar-refractivity contribution >= 4 is 27.9 Å². The molecular formula is C20H24N2O6S. The Morgan fingerprint density at radius 1 is 1.17 bits per heavy atom. The van der Waals surface area contributed by atoms with Gasteiger partial charge in [-0.25, -0.2) is 8.42 Å². The molecule has 156 valence electrons. The average molecular weight is 420 g/mol. The molecule has 8 nitrogen and oxygen atoms in total. The molecule has 0 aromatic heterocycles. The minimum Gasteiger partial charge on any atom is -0.497 e. The Hall–Kier alpha value is -2.91. The second kappa shape index (κ2) is 9.53. The Morgan fingerprint density at radius 3 is 2.38 bits per heavy atom. The van der Waals surface area contributed by atoms with Crippen LogP contribution in [0.15, 0.2) is 47.4 Å². The van der Waals surface area contributed by atoms with Gasteiger partial charge in [0.2, 0.25) is 10.0 Å². The van der Waals surface area contributed by atoms with E-state index in [1.165, 1.54) is 48.8 Å². The van der Waals surface area contributed by atoms with Gasteiger partial charge in [0.05, 0.1) is 17.6 Å². The van der Waals surface area contributed by atoms with Crippen LogP contribution in [0.4, 0.5) is 5.69 Å². The van der Waals surface area contributed by atoms with Crippen LogP contribution in [-0.2, 0) is 14.8 Å². The summed E-state index contributed by atoms with van der Waals surface area (Å²) in [5, 5.41) is 2.62. The van der Waals surface area contributed by atoms with Crippen LogP contribution in [0.5, 0.6) is 11.5 Å². The van der Waals surface area contributed by atoms with Crippen LogP contribution in [0.2, 0.25) is 0 Å². The molecule has 2 rings (SSSR count). The Kier molecular flexibility index (Phi) is 7.35. The number of nitrogens with one attached hydrogen (secondary N) is 1. The molecule has 0 bridgehead atoms. The lowest BCUT2D eigenvalue weighted by molar-refractivity contribution is -0.118. The number of sulfonamides is 1. The number of amides is 1. The van der Waals surface area contributed by atoms with Gasteiger partial charge in [0, 0.05) is 18.8 Å². The molecule has 0 aliphatic heterocycles. The zero-order chi connectivity index (χ0) is 21.6. The minimum atomic E-state index is -3.59. The normalized spacial score (nSPS) is 11.4. The Morgan fingerprint density at radius 2 is 1.83 bits per heavy atom.